The van der Waals surface area contributed by atoms with E-state index in [4.69, 9.17) is 5.10 Å². The van der Waals surface area contributed by atoms with Crippen molar-refractivity contribution >= 4 is 0 Å². The van der Waals surface area contributed by atoms with Gasteiger partial charge in [0, 0.05) is 43.8 Å². The molecule has 1 aromatic heterocycles. The van der Waals surface area contributed by atoms with Gasteiger partial charge in [0.05, 0.1) is 11.4 Å². The van der Waals surface area contributed by atoms with Crippen molar-refractivity contribution in [2.45, 2.75) is 39.7 Å². The molecule has 0 N–H and O–H groups in total. The van der Waals surface area contributed by atoms with Gasteiger partial charge in [-0.3, -0.25) is 4.90 Å². The summed E-state index contributed by atoms with van der Waals surface area (Å²) in [6.07, 6.45) is 0. The fraction of sp³-hybridized carbons (Fsp3) is 0.550. The first kappa shape index (κ1) is 17.2. The lowest BCUT2D eigenvalue weighted by Crippen LogP contribution is -2.43. The maximum absolute atomic E-state index is 4.81. The van der Waals surface area contributed by atoms with Crippen LogP contribution in [-0.4, -0.2) is 52.8 Å². The van der Waals surface area contributed by atoms with Crippen molar-refractivity contribution in [2.75, 3.05) is 33.2 Å². The van der Waals surface area contributed by atoms with Gasteiger partial charge in [0.15, 0.2) is 0 Å². The largest absolute Gasteiger partial charge is 0.304 e. The zero-order valence-electron chi connectivity index (χ0n) is 15.7. The second kappa shape index (κ2) is 6.69. The molecule has 1 aliphatic heterocycles. The predicted molar refractivity (Wildman–Crippen MR) is 99.8 cm³/mol. The Morgan fingerprint density at radius 3 is 2.17 bits per heavy atom. The number of aryl methyl sites for hydroxylation is 1. The molecule has 0 amide bonds. The van der Waals surface area contributed by atoms with E-state index in [0.29, 0.717) is 0 Å². The number of aromatic nitrogens is 2. The van der Waals surface area contributed by atoms with Crippen molar-refractivity contribution in [1.29, 1.82) is 0 Å². The summed E-state index contributed by atoms with van der Waals surface area (Å²) >= 11 is 0. The summed E-state index contributed by atoms with van der Waals surface area (Å²) in [5.41, 5.74) is 4.93. The van der Waals surface area contributed by atoms with Crippen LogP contribution in [0.4, 0.5) is 0 Å². The normalized spacial score (nSPS) is 17.4. The molecule has 1 aromatic carbocycles. The SMILES string of the molecule is Cc1cc(C(C)(C)C)nn1-c1ccc(CN2CCN(C)CC2)cc1. The van der Waals surface area contributed by atoms with E-state index >= 15 is 0 Å². The first-order valence-corrected chi connectivity index (χ1v) is 8.90. The van der Waals surface area contributed by atoms with Crippen LogP contribution in [0.2, 0.25) is 0 Å². The number of benzene rings is 1. The average molecular weight is 326 g/mol. The highest BCUT2D eigenvalue weighted by Crippen LogP contribution is 2.23. The number of rotatable bonds is 3. The maximum Gasteiger partial charge on any atom is 0.0685 e. The molecule has 4 nitrogen and oxygen atoms in total. The van der Waals surface area contributed by atoms with Crippen molar-refractivity contribution in [1.82, 2.24) is 19.6 Å². The molecular weight excluding hydrogens is 296 g/mol. The van der Waals surface area contributed by atoms with E-state index in [2.05, 4.69) is 79.6 Å². The van der Waals surface area contributed by atoms with Crippen molar-refractivity contribution in [3.05, 3.63) is 47.3 Å². The Labute approximate surface area is 146 Å². The molecule has 1 aliphatic rings. The average Bonchev–Trinajstić information content (AvgIpc) is 2.93. The molecule has 2 aromatic rings. The van der Waals surface area contributed by atoms with E-state index < -0.39 is 0 Å². The van der Waals surface area contributed by atoms with E-state index in [9.17, 15) is 0 Å². The Bertz CT molecular complexity index is 671. The highest BCUT2D eigenvalue weighted by molar-refractivity contribution is 5.36. The number of hydrogen-bond donors (Lipinski definition) is 0. The zero-order chi connectivity index (χ0) is 17.3. The van der Waals surface area contributed by atoms with Crippen LogP contribution in [-0.2, 0) is 12.0 Å². The summed E-state index contributed by atoms with van der Waals surface area (Å²) < 4.78 is 2.06. The molecule has 24 heavy (non-hydrogen) atoms. The molecule has 0 unspecified atom stereocenters. The Morgan fingerprint density at radius 1 is 1.00 bits per heavy atom. The maximum atomic E-state index is 4.81. The van der Waals surface area contributed by atoms with Gasteiger partial charge >= 0.3 is 0 Å². The summed E-state index contributed by atoms with van der Waals surface area (Å²) in [4.78, 5) is 4.93. The highest BCUT2D eigenvalue weighted by Gasteiger charge is 2.19. The van der Waals surface area contributed by atoms with Gasteiger partial charge in [0.2, 0.25) is 0 Å². The number of likely N-dealkylation sites (N-methyl/N-ethyl adjacent to an activating group) is 1. The smallest absolute Gasteiger partial charge is 0.0685 e. The quantitative estimate of drug-likeness (QED) is 0.865. The minimum atomic E-state index is 0.0807. The molecule has 0 atom stereocenters. The fourth-order valence-corrected chi connectivity index (χ4v) is 3.11. The lowest BCUT2D eigenvalue weighted by molar-refractivity contribution is 0.148. The monoisotopic (exact) mass is 326 g/mol. The second-order valence-corrected chi connectivity index (χ2v) is 8.08. The van der Waals surface area contributed by atoms with Crippen molar-refractivity contribution < 1.29 is 0 Å². The molecule has 1 fully saturated rings. The molecule has 0 bridgehead atoms. The third-order valence-electron chi connectivity index (χ3n) is 4.84. The Balaban J connectivity index is 1.72. The third kappa shape index (κ3) is 3.87. The van der Waals surface area contributed by atoms with Crippen LogP contribution in [0.1, 0.15) is 37.7 Å². The molecular formula is C20H30N4. The van der Waals surface area contributed by atoms with E-state index in [1.54, 1.807) is 0 Å². The van der Waals surface area contributed by atoms with Gasteiger partial charge in [-0.15, -0.1) is 0 Å². The van der Waals surface area contributed by atoms with Gasteiger partial charge in [0.25, 0.3) is 0 Å². The number of nitrogens with zero attached hydrogens (tertiary/aromatic N) is 4. The number of piperazine rings is 1. The Hall–Kier alpha value is -1.65. The Kier molecular flexibility index (Phi) is 4.79. The molecule has 0 saturated carbocycles. The van der Waals surface area contributed by atoms with Crippen molar-refractivity contribution in [3.8, 4) is 5.69 Å². The van der Waals surface area contributed by atoms with E-state index in [1.165, 1.54) is 24.3 Å². The van der Waals surface area contributed by atoms with Gasteiger partial charge in [-0.2, -0.15) is 5.10 Å². The van der Waals surface area contributed by atoms with Gasteiger partial charge in [-0.05, 0) is 37.7 Å². The standard InChI is InChI=1S/C20H30N4/c1-16-14-19(20(2,3)4)21-24(16)18-8-6-17(7-9-18)15-23-12-10-22(5)11-13-23/h6-9,14H,10-13,15H2,1-5H3. The summed E-state index contributed by atoms with van der Waals surface area (Å²) in [7, 11) is 2.20. The molecule has 0 radical (unpaired) electrons. The minimum Gasteiger partial charge on any atom is -0.304 e. The molecule has 3 rings (SSSR count). The van der Waals surface area contributed by atoms with Crippen molar-refractivity contribution in [3.63, 3.8) is 0 Å². The molecule has 0 aliphatic carbocycles. The van der Waals surface area contributed by atoms with Crippen LogP contribution < -0.4 is 0 Å². The zero-order valence-corrected chi connectivity index (χ0v) is 15.7. The van der Waals surface area contributed by atoms with Gasteiger partial charge < -0.3 is 4.90 Å². The first-order chi connectivity index (χ1) is 11.3. The topological polar surface area (TPSA) is 24.3 Å². The molecule has 2 heterocycles. The molecule has 1 saturated heterocycles. The Morgan fingerprint density at radius 2 is 1.62 bits per heavy atom. The summed E-state index contributed by atoms with van der Waals surface area (Å²) in [5.74, 6) is 0. The van der Waals surface area contributed by atoms with E-state index in [1.807, 2.05) is 0 Å². The lowest BCUT2D eigenvalue weighted by atomic mass is 9.92. The van der Waals surface area contributed by atoms with Gasteiger partial charge in [0.1, 0.15) is 0 Å². The molecule has 130 valence electrons. The van der Waals surface area contributed by atoms with Crippen LogP contribution in [0, 0.1) is 6.92 Å². The first-order valence-electron chi connectivity index (χ1n) is 8.90. The van der Waals surface area contributed by atoms with Crippen LogP contribution >= 0.6 is 0 Å². The van der Waals surface area contributed by atoms with Crippen LogP contribution in [0.3, 0.4) is 0 Å². The fourth-order valence-electron chi connectivity index (χ4n) is 3.11. The van der Waals surface area contributed by atoms with Crippen molar-refractivity contribution in [2.24, 2.45) is 0 Å². The summed E-state index contributed by atoms with van der Waals surface area (Å²) in [5, 5.41) is 4.81. The van der Waals surface area contributed by atoms with Crippen LogP contribution in [0.5, 0.6) is 0 Å². The van der Waals surface area contributed by atoms with E-state index in [0.717, 1.165) is 31.0 Å². The predicted octanol–water partition coefficient (Wildman–Crippen LogP) is 3.23. The van der Waals surface area contributed by atoms with Crippen LogP contribution in [0.25, 0.3) is 5.69 Å². The minimum absolute atomic E-state index is 0.0807. The lowest BCUT2D eigenvalue weighted by Gasteiger charge is -2.32. The molecule has 0 spiro atoms. The second-order valence-electron chi connectivity index (χ2n) is 8.08. The van der Waals surface area contributed by atoms with Gasteiger partial charge in [-0.1, -0.05) is 32.9 Å². The highest BCUT2D eigenvalue weighted by atomic mass is 15.3. The number of hydrogen-bond acceptors (Lipinski definition) is 3. The summed E-state index contributed by atoms with van der Waals surface area (Å²) in [6.45, 7) is 14.4. The molecule has 4 heteroatoms. The summed E-state index contributed by atoms with van der Waals surface area (Å²) in [6, 6.07) is 11.1. The van der Waals surface area contributed by atoms with Gasteiger partial charge in [-0.25, -0.2) is 4.68 Å². The third-order valence-corrected chi connectivity index (χ3v) is 4.84. The van der Waals surface area contributed by atoms with Crippen LogP contribution in [0.15, 0.2) is 30.3 Å². The van der Waals surface area contributed by atoms with E-state index in [-0.39, 0.29) is 5.41 Å².